The summed E-state index contributed by atoms with van der Waals surface area (Å²) in [6, 6.07) is 20.6. The molecule has 0 aliphatic carbocycles. The molecule has 2 N–H and O–H groups in total. The van der Waals surface area contributed by atoms with Gasteiger partial charge in [-0.05, 0) is 48.5 Å². The molecule has 0 atom stereocenters. The second kappa shape index (κ2) is 11.1. The monoisotopic (exact) mass is 466 g/mol. The highest BCUT2D eigenvalue weighted by Crippen LogP contribution is 2.23. The maximum absolute atomic E-state index is 12.4. The minimum Gasteiger partial charge on any atom is -0.459 e. The SMILES string of the molecule is O=C(CN1CCN(CC(=O)Nc2ccccc2)CC1)NCc1ccc(-c2ccc(Cl)cc2)o1. The number of carbonyl (C=O) groups excluding carboxylic acids is 2. The highest BCUT2D eigenvalue weighted by Gasteiger charge is 2.20. The summed E-state index contributed by atoms with van der Waals surface area (Å²) < 4.78 is 5.83. The predicted octanol–water partition coefficient (Wildman–Crippen LogP) is 3.47. The van der Waals surface area contributed by atoms with Crippen LogP contribution in [0.4, 0.5) is 5.69 Å². The molecule has 0 radical (unpaired) electrons. The first-order valence-electron chi connectivity index (χ1n) is 11.0. The van der Waals surface area contributed by atoms with E-state index in [1.165, 1.54) is 0 Å². The summed E-state index contributed by atoms with van der Waals surface area (Å²) in [5, 5.41) is 6.50. The highest BCUT2D eigenvalue weighted by atomic mass is 35.5. The Balaban J connectivity index is 1.15. The van der Waals surface area contributed by atoms with Gasteiger partial charge < -0.3 is 15.1 Å². The number of hydrogen-bond acceptors (Lipinski definition) is 5. The van der Waals surface area contributed by atoms with Crippen LogP contribution < -0.4 is 10.6 Å². The first-order chi connectivity index (χ1) is 16.0. The van der Waals surface area contributed by atoms with E-state index in [2.05, 4.69) is 20.4 Å². The van der Waals surface area contributed by atoms with Gasteiger partial charge in [-0.3, -0.25) is 19.4 Å². The molecule has 1 aliphatic heterocycles. The molecule has 1 aromatic heterocycles. The maximum atomic E-state index is 12.4. The molecule has 3 aromatic rings. The first-order valence-corrected chi connectivity index (χ1v) is 11.3. The van der Waals surface area contributed by atoms with Gasteiger partial charge in [-0.25, -0.2) is 0 Å². The molecule has 7 nitrogen and oxygen atoms in total. The summed E-state index contributed by atoms with van der Waals surface area (Å²) in [5.74, 6) is 1.37. The summed E-state index contributed by atoms with van der Waals surface area (Å²) in [6.07, 6.45) is 0. The molecule has 1 saturated heterocycles. The first kappa shape index (κ1) is 23.0. The number of amides is 2. The Labute approximate surface area is 198 Å². The number of furan rings is 1. The zero-order valence-corrected chi connectivity index (χ0v) is 19.1. The molecule has 8 heteroatoms. The lowest BCUT2D eigenvalue weighted by molar-refractivity contribution is -0.123. The quantitative estimate of drug-likeness (QED) is 0.531. The third-order valence-corrected chi connectivity index (χ3v) is 5.76. The number of carbonyl (C=O) groups is 2. The molecular weight excluding hydrogens is 440 g/mol. The van der Waals surface area contributed by atoms with Gasteiger partial charge in [0, 0.05) is 42.5 Å². The van der Waals surface area contributed by atoms with Crippen LogP contribution in [0.1, 0.15) is 5.76 Å². The Kier molecular flexibility index (Phi) is 7.78. The van der Waals surface area contributed by atoms with Gasteiger partial charge in [-0.15, -0.1) is 0 Å². The predicted molar refractivity (Wildman–Crippen MR) is 129 cm³/mol. The second-order valence-corrected chi connectivity index (χ2v) is 8.45. The van der Waals surface area contributed by atoms with Crippen LogP contribution in [0, 0.1) is 0 Å². The molecule has 4 rings (SSSR count). The van der Waals surface area contributed by atoms with Crippen LogP contribution in [0.25, 0.3) is 11.3 Å². The van der Waals surface area contributed by atoms with Crippen molar-refractivity contribution in [3.8, 4) is 11.3 Å². The zero-order valence-electron chi connectivity index (χ0n) is 18.3. The molecule has 33 heavy (non-hydrogen) atoms. The fourth-order valence-corrected chi connectivity index (χ4v) is 3.84. The average Bonchev–Trinajstić information content (AvgIpc) is 3.29. The van der Waals surface area contributed by atoms with Crippen LogP contribution in [-0.4, -0.2) is 60.9 Å². The Bertz CT molecular complexity index is 1060. The van der Waals surface area contributed by atoms with Crippen LogP contribution in [-0.2, 0) is 16.1 Å². The van der Waals surface area contributed by atoms with Crippen LogP contribution in [0.15, 0.2) is 71.1 Å². The second-order valence-electron chi connectivity index (χ2n) is 8.02. The summed E-state index contributed by atoms with van der Waals surface area (Å²) in [5.41, 5.74) is 1.74. The number of hydrogen-bond donors (Lipinski definition) is 2. The number of halogens is 1. The molecular formula is C25H27ClN4O3. The van der Waals surface area contributed by atoms with Gasteiger partial charge in [0.25, 0.3) is 0 Å². The normalized spacial score (nSPS) is 14.7. The number of piperazine rings is 1. The molecule has 0 spiro atoms. The van der Waals surface area contributed by atoms with Crippen LogP contribution in [0.5, 0.6) is 0 Å². The van der Waals surface area contributed by atoms with Crippen molar-refractivity contribution in [2.45, 2.75) is 6.54 Å². The van der Waals surface area contributed by atoms with Gasteiger partial charge >= 0.3 is 0 Å². The Morgan fingerprint density at radius 3 is 2.12 bits per heavy atom. The van der Waals surface area contributed by atoms with Gasteiger partial charge in [0.1, 0.15) is 11.5 Å². The Hall–Kier alpha value is -3.13. The number of para-hydroxylation sites is 1. The lowest BCUT2D eigenvalue weighted by atomic mass is 10.2. The summed E-state index contributed by atoms with van der Waals surface area (Å²) >= 11 is 5.93. The van der Waals surface area contributed by atoms with Crippen LogP contribution in [0.2, 0.25) is 5.02 Å². The summed E-state index contributed by atoms with van der Waals surface area (Å²) in [7, 11) is 0. The van der Waals surface area contributed by atoms with E-state index in [-0.39, 0.29) is 11.8 Å². The van der Waals surface area contributed by atoms with E-state index < -0.39 is 0 Å². The van der Waals surface area contributed by atoms with Crippen molar-refractivity contribution in [2.24, 2.45) is 0 Å². The van der Waals surface area contributed by atoms with Gasteiger partial charge in [-0.2, -0.15) is 0 Å². The summed E-state index contributed by atoms with van der Waals surface area (Å²) in [6.45, 7) is 4.00. The van der Waals surface area contributed by atoms with Crippen molar-refractivity contribution in [3.63, 3.8) is 0 Å². The van der Waals surface area contributed by atoms with Crippen LogP contribution >= 0.6 is 11.6 Å². The van der Waals surface area contributed by atoms with E-state index in [0.717, 1.165) is 43.2 Å². The van der Waals surface area contributed by atoms with Crippen molar-refractivity contribution < 1.29 is 14.0 Å². The van der Waals surface area contributed by atoms with E-state index in [4.69, 9.17) is 16.0 Å². The fourth-order valence-electron chi connectivity index (χ4n) is 3.72. The van der Waals surface area contributed by atoms with Crippen molar-refractivity contribution >= 4 is 29.1 Å². The molecule has 2 heterocycles. The molecule has 0 unspecified atom stereocenters. The molecule has 0 saturated carbocycles. The van der Waals surface area contributed by atoms with Gasteiger partial charge in [0.15, 0.2) is 0 Å². The Morgan fingerprint density at radius 2 is 1.45 bits per heavy atom. The smallest absolute Gasteiger partial charge is 0.238 e. The largest absolute Gasteiger partial charge is 0.459 e. The van der Waals surface area contributed by atoms with Gasteiger partial charge in [-0.1, -0.05) is 29.8 Å². The average molecular weight is 467 g/mol. The minimum absolute atomic E-state index is 0.0242. The molecule has 1 aliphatic rings. The van der Waals surface area contributed by atoms with Crippen molar-refractivity contribution in [2.75, 3.05) is 44.6 Å². The number of benzene rings is 2. The van der Waals surface area contributed by atoms with E-state index in [0.29, 0.717) is 30.4 Å². The van der Waals surface area contributed by atoms with E-state index in [9.17, 15) is 9.59 Å². The van der Waals surface area contributed by atoms with Crippen molar-refractivity contribution in [3.05, 3.63) is 77.5 Å². The molecule has 2 aromatic carbocycles. The topological polar surface area (TPSA) is 77.8 Å². The lowest BCUT2D eigenvalue weighted by Gasteiger charge is -2.33. The standard InChI is InChI=1S/C25H27ClN4O3/c26-20-8-6-19(7-9-20)23-11-10-22(33-23)16-27-24(31)17-29-12-14-30(15-13-29)18-25(32)28-21-4-2-1-3-5-21/h1-11H,12-18H2,(H,27,31)(H,28,32). The maximum Gasteiger partial charge on any atom is 0.238 e. The number of nitrogens with zero attached hydrogens (tertiary/aromatic N) is 2. The lowest BCUT2D eigenvalue weighted by Crippen LogP contribution is -2.50. The van der Waals surface area contributed by atoms with Crippen molar-refractivity contribution in [1.82, 2.24) is 15.1 Å². The highest BCUT2D eigenvalue weighted by molar-refractivity contribution is 6.30. The molecule has 1 fully saturated rings. The van der Waals surface area contributed by atoms with E-state index in [1.807, 2.05) is 66.7 Å². The van der Waals surface area contributed by atoms with E-state index >= 15 is 0 Å². The Morgan fingerprint density at radius 1 is 0.818 bits per heavy atom. The third-order valence-electron chi connectivity index (χ3n) is 5.51. The number of rotatable bonds is 8. The summed E-state index contributed by atoms with van der Waals surface area (Å²) in [4.78, 5) is 28.8. The van der Waals surface area contributed by atoms with Gasteiger partial charge in [0.05, 0.1) is 19.6 Å². The number of nitrogens with one attached hydrogen (secondary N) is 2. The van der Waals surface area contributed by atoms with Crippen molar-refractivity contribution in [1.29, 1.82) is 0 Å². The third kappa shape index (κ3) is 6.92. The van der Waals surface area contributed by atoms with Crippen LogP contribution in [0.3, 0.4) is 0 Å². The zero-order chi connectivity index (χ0) is 23.0. The fraction of sp³-hybridized carbons (Fsp3) is 0.280. The molecule has 172 valence electrons. The minimum atomic E-state index is -0.0466. The van der Waals surface area contributed by atoms with Gasteiger partial charge in [0.2, 0.25) is 11.8 Å². The molecule has 2 amide bonds. The van der Waals surface area contributed by atoms with E-state index in [1.54, 1.807) is 0 Å². The molecule has 0 bridgehead atoms. The number of anilines is 1.